The Labute approximate surface area is 168 Å². The van der Waals surface area contributed by atoms with Crippen LogP contribution in [0.5, 0.6) is 0 Å². The molecule has 1 aliphatic carbocycles. The van der Waals surface area contributed by atoms with Crippen molar-refractivity contribution in [3.05, 3.63) is 77.6 Å². The number of nitrogens with zero attached hydrogens (tertiary/aromatic N) is 1. The van der Waals surface area contributed by atoms with Crippen molar-refractivity contribution in [1.29, 1.82) is 0 Å². The number of rotatable bonds is 7. The first-order chi connectivity index (χ1) is 13.9. The highest BCUT2D eigenvalue weighted by Crippen LogP contribution is 2.47. The molecule has 7 nitrogen and oxygen atoms in total. The Morgan fingerprint density at radius 2 is 1.90 bits per heavy atom. The van der Waals surface area contributed by atoms with Crippen LogP contribution < -0.4 is 5.43 Å². The number of amides is 1. The summed E-state index contributed by atoms with van der Waals surface area (Å²) in [5, 5.41) is 3.86. The molecule has 1 fully saturated rings. The average molecular weight is 412 g/mol. The lowest BCUT2D eigenvalue weighted by Crippen LogP contribution is -2.16. The van der Waals surface area contributed by atoms with Crippen LogP contribution in [0.1, 0.15) is 47.1 Å². The molecule has 1 aliphatic rings. The zero-order valence-corrected chi connectivity index (χ0v) is 16.6. The molecule has 0 bridgehead atoms. The van der Waals surface area contributed by atoms with E-state index in [9.17, 15) is 13.2 Å². The van der Waals surface area contributed by atoms with Gasteiger partial charge in [-0.05, 0) is 48.7 Å². The van der Waals surface area contributed by atoms with Gasteiger partial charge in [0.25, 0.3) is 0 Å². The Balaban J connectivity index is 1.35. The second kappa shape index (κ2) is 7.71. The van der Waals surface area contributed by atoms with E-state index in [0.717, 1.165) is 12.2 Å². The summed E-state index contributed by atoms with van der Waals surface area (Å²) >= 11 is 0. The standard InChI is InChI=1S/C21H20N2O5S/c1-14-11-18(14)19-9-7-15(27-19)12-22-23-21(24)20-10-8-16(28-20)13-29(25,26)17-5-3-2-4-6-17/h2-10,12,14,18H,11,13H2,1H3,(H,23,24)/b22-12-/t14-,18-/m1/s1. The Bertz CT molecular complexity index is 1140. The maximum Gasteiger partial charge on any atom is 0.307 e. The van der Waals surface area contributed by atoms with Crippen molar-refractivity contribution in [3.63, 3.8) is 0 Å². The molecule has 2 aromatic heterocycles. The molecule has 2 heterocycles. The Morgan fingerprint density at radius 3 is 2.62 bits per heavy atom. The van der Waals surface area contributed by atoms with Gasteiger partial charge in [-0.15, -0.1) is 0 Å². The fourth-order valence-corrected chi connectivity index (χ4v) is 4.31. The van der Waals surface area contributed by atoms with Gasteiger partial charge in [0.15, 0.2) is 15.6 Å². The van der Waals surface area contributed by atoms with E-state index in [1.54, 1.807) is 24.3 Å². The number of hydrazone groups is 1. The zero-order valence-electron chi connectivity index (χ0n) is 15.7. The van der Waals surface area contributed by atoms with Gasteiger partial charge in [0.2, 0.25) is 0 Å². The van der Waals surface area contributed by atoms with Gasteiger partial charge in [-0.25, -0.2) is 13.8 Å². The van der Waals surface area contributed by atoms with Crippen LogP contribution in [0.2, 0.25) is 0 Å². The topological polar surface area (TPSA) is 102 Å². The van der Waals surface area contributed by atoms with Gasteiger partial charge in [0, 0.05) is 5.92 Å². The first-order valence-corrected chi connectivity index (χ1v) is 10.9. The molecule has 2 atom stereocenters. The van der Waals surface area contributed by atoms with Gasteiger partial charge in [-0.2, -0.15) is 5.10 Å². The largest absolute Gasteiger partial charge is 0.460 e. The fraction of sp³-hybridized carbons (Fsp3) is 0.238. The first kappa shape index (κ1) is 19.2. The Kier molecular flexibility index (Phi) is 5.10. The normalized spacial score (nSPS) is 18.8. The molecule has 0 unspecified atom stereocenters. The predicted octanol–water partition coefficient (Wildman–Crippen LogP) is 3.73. The number of carbonyl (C=O) groups is 1. The number of hydrogen-bond donors (Lipinski definition) is 1. The van der Waals surface area contributed by atoms with Gasteiger partial charge in [0.05, 0.1) is 11.1 Å². The molecule has 0 spiro atoms. The quantitative estimate of drug-likeness (QED) is 0.471. The molecule has 1 saturated carbocycles. The highest BCUT2D eigenvalue weighted by Gasteiger charge is 2.36. The van der Waals surface area contributed by atoms with E-state index in [2.05, 4.69) is 17.5 Å². The van der Waals surface area contributed by atoms with Gasteiger partial charge < -0.3 is 8.83 Å². The van der Waals surface area contributed by atoms with E-state index in [1.165, 1.54) is 30.5 Å². The number of carbonyl (C=O) groups excluding carboxylic acids is 1. The SMILES string of the molecule is C[C@@H]1C[C@H]1c1ccc(/C=N\NC(=O)c2ccc(CS(=O)(=O)c3ccccc3)o2)o1. The van der Waals surface area contributed by atoms with Crippen LogP contribution >= 0.6 is 0 Å². The molecular formula is C21H20N2O5S. The molecule has 0 saturated heterocycles. The van der Waals surface area contributed by atoms with Gasteiger partial charge in [0.1, 0.15) is 23.0 Å². The van der Waals surface area contributed by atoms with E-state index in [-0.39, 0.29) is 22.2 Å². The van der Waals surface area contributed by atoms with Crippen LogP contribution in [0.4, 0.5) is 0 Å². The summed E-state index contributed by atoms with van der Waals surface area (Å²) < 4.78 is 35.8. The molecule has 3 aromatic rings. The lowest BCUT2D eigenvalue weighted by molar-refractivity contribution is 0.0926. The maximum atomic E-state index is 12.4. The Hall–Kier alpha value is -3.13. The molecule has 150 valence electrons. The molecule has 0 aliphatic heterocycles. The summed E-state index contributed by atoms with van der Waals surface area (Å²) in [5.41, 5.74) is 2.35. The molecule has 4 rings (SSSR count). The highest BCUT2D eigenvalue weighted by atomic mass is 32.2. The van der Waals surface area contributed by atoms with E-state index < -0.39 is 15.7 Å². The van der Waals surface area contributed by atoms with Crippen molar-refractivity contribution in [3.8, 4) is 0 Å². The van der Waals surface area contributed by atoms with Crippen molar-refractivity contribution in [1.82, 2.24) is 5.43 Å². The fourth-order valence-electron chi connectivity index (χ4n) is 3.04. The second-order valence-corrected chi connectivity index (χ2v) is 9.09. The minimum Gasteiger partial charge on any atom is -0.460 e. The number of sulfone groups is 1. The summed E-state index contributed by atoms with van der Waals surface area (Å²) in [6, 6.07) is 14.7. The van der Waals surface area contributed by atoms with Gasteiger partial charge in [-0.3, -0.25) is 4.79 Å². The van der Waals surface area contributed by atoms with Crippen LogP contribution in [-0.4, -0.2) is 20.5 Å². The zero-order chi connectivity index (χ0) is 20.4. The third-order valence-electron chi connectivity index (χ3n) is 4.80. The number of benzene rings is 1. The van der Waals surface area contributed by atoms with E-state index >= 15 is 0 Å². The van der Waals surface area contributed by atoms with E-state index in [0.29, 0.717) is 17.6 Å². The van der Waals surface area contributed by atoms with E-state index in [1.807, 2.05) is 6.07 Å². The monoisotopic (exact) mass is 412 g/mol. The Morgan fingerprint density at radius 1 is 1.14 bits per heavy atom. The van der Waals surface area contributed by atoms with E-state index in [4.69, 9.17) is 8.83 Å². The molecule has 1 N–H and O–H groups in total. The van der Waals surface area contributed by atoms with Crippen LogP contribution in [0.25, 0.3) is 0 Å². The molecule has 1 aromatic carbocycles. The third kappa shape index (κ3) is 4.48. The number of nitrogens with one attached hydrogen (secondary N) is 1. The summed E-state index contributed by atoms with van der Waals surface area (Å²) in [7, 11) is -3.55. The molecule has 8 heteroatoms. The minimum absolute atomic E-state index is 0.0210. The van der Waals surface area contributed by atoms with Gasteiger partial charge >= 0.3 is 5.91 Å². The maximum absolute atomic E-state index is 12.4. The summed E-state index contributed by atoms with van der Waals surface area (Å²) in [4.78, 5) is 12.4. The minimum atomic E-state index is -3.55. The van der Waals surface area contributed by atoms with Crippen LogP contribution in [-0.2, 0) is 15.6 Å². The lowest BCUT2D eigenvalue weighted by Gasteiger charge is -2.02. The average Bonchev–Trinajstić information content (AvgIpc) is 3.09. The van der Waals surface area contributed by atoms with Crippen molar-refractivity contribution in [2.45, 2.75) is 29.9 Å². The van der Waals surface area contributed by atoms with Crippen LogP contribution in [0.3, 0.4) is 0 Å². The first-order valence-electron chi connectivity index (χ1n) is 9.22. The molecule has 0 radical (unpaired) electrons. The smallest absolute Gasteiger partial charge is 0.307 e. The lowest BCUT2D eigenvalue weighted by atomic mass is 10.3. The summed E-state index contributed by atoms with van der Waals surface area (Å²) in [5.74, 6) is 1.85. The van der Waals surface area contributed by atoms with Crippen molar-refractivity contribution < 1.29 is 22.0 Å². The molecule has 29 heavy (non-hydrogen) atoms. The van der Waals surface area contributed by atoms with Crippen LogP contribution in [0, 0.1) is 5.92 Å². The summed E-state index contributed by atoms with van der Waals surface area (Å²) in [6.45, 7) is 2.17. The third-order valence-corrected chi connectivity index (χ3v) is 6.46. The van der Waals surface area contributed by atoms with Crippen molar-refractivity contribution >= 4 is 22.0 Å². The number of furan rings is 2. The van der Waals surface area contributed by atoms with Crippen molar-refractivity contribution in [2.24, 2.45) is 11.0 Å². The molecular weight excluding hydrogens is 392 g/mol. The predicted molar refractivity (Wildman–Crippen MR) is 106 cm³/mol. The second-order valence-electron chi connectivity index (χ2n) is 7.10. The summed E-state index contributed by atoms with van der Waals surface area (Å²) in [6.07, 6.45) is 2.54. The van der Waals surface area contributed by atoms with Gasteiger partial charge in [-0.1, -0.05) is 25.1 Å². The highest BCUT2D eigenvalue weighted by molar-refractivity contribution is 7.90. The molecule has 1 amide bonds. The van der Waals surface area contributed by atoms with Crippen molar-refractivity contribution in [2.75, 3.05) is 0 Å². The number of hydrogen-bond acceptors (Lipinski definition) is 6. The van der Waals surface area contributed by atoms with Crippen LogP contribution in [0.15, 0.2) is 73.4 Å².